The average Bonchev–Trinajstić information content (AvgIpc) is 2.68. The molecule has 1 amide bonds. The average molecular weight is 287 g/mol. The van der Waals surface area contributed by atoms with Crippen LogP contribution in [0.25, 0.3) is 0 Å². The number of rotatable bonds is 2. The van der Waals surface area contributed by atoms with Gasteiger partial charge in [0.05, 0.1) is 13.0 Å². The molecule has 5 heteroatoms. The molecule has 16 heavy (non-hydrogen) atoms. The van der Waals surface area contributed by atoms with E-state index in [1.54, 1.807) is 17.2 Å². The van der Waals surface area contributed by atoms with Crippen molar-refractivity contribution in [1.82, 2.24) is 9.88 Å². The third-order valence-corrected chi connectivity index (χ3v) is 3.07. The lowest BCUT2D eigenvalue weighted by molar-refractivity contribution is -0.129. The van der Waals surface area contributed by atoms with Crippen LogP contribution in [-0.2, 0) is 11.2 Å². The summed E-state index contributed by atoms with van der Waals surface area (Å²) in [4.78, 5) is 17.4. The van der Waals surface area contributed by atoms with Crippen LogP contribution in [0.4, 0.5) is 4.39 Å². The van der Waals surface area contributed by atoms with E-state index in [9.17, 15) is 9.18 Å². The summed E-state index contributed by atoms with van der Waals surface area (Å²) in [6.07, 6.45) is 1.51. The van der Waals surface area contributed by atoms with Gasteiger partial charge < -0.3 is 4.90 Å². The summed E-state index contributed by atoms with van der Waals surface area (Å²) in [7, 11) is 0. The predicted octanol–water partition coefficient (Wildman–Crippen LogP) is 1.96. The number of carbonyl (C=O) groups is 1. The van der Waals surface area contributed by atoms with Crippen molar-refractivity contribution < 1.29 is 9.18 Å². The van der Waals surface area contributed by atoms with Gasteiger partial charge in [0.25, 0.3) is 0 Å². The normalized spacial score (nSPS) is 20.1. The SMILES string of the molecule is O=C(Cc1ccc(Br)cn1)N1CC[C@H](F)C1. The van der Waals surface area contributed by atoms with Gasteiger partial charge in [0, 0.05) is 22.9 Å². The molecule has 1 saturated heterocycles. The summed E-state index contributed by atoms with van der Waals surface area (Å²) < 4.78 is 13.8. The molecule has 0 aromatic carbocycles. The maximum absolute atomic E-state index is 12.9. The van der Waals surface area contributed by atoms with Crippen molar-refractivity contribution in [1.29, 1.82) is 0 Å². The molecule has 0 spiro atoms. The van der Waals surface area contributed by atoms with Crippen LogP contribution in [0.15, 0.2) is 22.8 Å². The Morgan fingerprint density at radius 3 is 3.00 bits per heavy atom. The molecule has 1 aromatic heterocycles. The Labute approximate surface area is 102 Å². The van der Waals surface area contributed by atoms with E-state index in [2.05, 4.69) is 20.9 Å². The van der Waals surface area contributed by atoms with Crippen molar-refractivity contribution in [3.05, 3.63) is 28.5 Å². The third-order valence-electron chi connectivity index (χ3n) is 2.60. The Bertz CT molecular complexity index is 382. The van der Waals surface area contributed by atoms with Gasteiger partial charge in [0.2, 0.25) is 5.91 Å². The first-order valence-corrected chi connectivity index (χ1v) is 5.97. The van der Waals surface area contributed by atoms with E-state index in [1.807, 2.05) is 6.07 Å². The number of likely N-dealkylation sites (tertiary alicyclic amines) is 1. The zero-order valence-electron chi connectivity index (χ0n) is 8.70. The van der Waals surface area contributed by atoms with Crippen molar-refractivity contribution >= 4 is 21.8 Å². The highest BCUT2D eigenvalue weighted by Crippen LogP contribution is 2.14. The fourth-order valence-electron chi connectivity index (χ4n) is 1.72. The van der Waals surface area contributed by atoms with Gasteiger partial charge in [0.15, 0.2) is 0 Å². The van der Waals surface area contributed by atoms with Crippen LogP contribution in [-0.4, -0.2) is 35.1 Å². The van der Waals surface area contributed by atoms with Gasteiger partial charge in [-0.1, -0.05) is 0 Å². The number of aromatic nitrogens is 1. The van der Waals surface area contributed by atoms with Gasteiger partial charge in [-0.05, 0) is 34.5 Å². The van der Waals surface area contributed by atoms with Crippen LogP contribution in [0.3, 0.4) is 0 Å². The van der Waals surface area contributed by atoms with Gasteiger partial charge in [-0.2, -0.15) is 0 Å². The molecule has 1 aliphatic rings. The van der Waals surface area contributed by atoms with E-state index >= 15 is 0 Å². The van der Waals surface area contributed by atoms with E-state index < -0.39 is 6.17 Å². The van der Waals surface area contributed by atoms with E-state index in [0.29, 0.717) is 13.0 Å². The number of alkyl halides is 1. The van der Waals surface area contributed by atoms with Crippen LogP contribution < -0.4 is 0 Å². The minimum atomic E-state index is -0.859. The number of halogens is 2. The number of amides is 1. The third kappa shape index (κ3) is 2.78. The second kappa shape index (κ2) is 4.91. The molecule has 1 fully saturated rings. The Balaban J connectivity index is 1.94. The van der Waals surface area contributed by atoms with Gasteiger partial charge in [-0.3, -0.25) is 9.78 Å². The maximum Gasteiger partial charge on any atom is 0.228 e. The molecular formula is C11H12BrFN2O. The quantitative estimate of drug-likeness (QED) is 0.833. The first-order valence-electron chi connectivity index (χ1n) is 5.17. The summed E-state index contributed by atoms with van der Waals surface area (Å²) in [6, 6.07) is 3.64. The van der Waals surface area contributed by atoms with Crippen LogP contribution in [0.5, 0.6) is 0 Å². The Morgan fingerprint density at radius 1 is 1.62 bits per heavy atom. The summed E-state index contributed by atoms with van der Waals surface area (Å²) in [5.41, 5.74) is 0.718. The molecule has 0 radical (unpaired) electrons. The topological polar surface area (TPSA) is 33.2 Å². The van der Waals surface area contributed by atoms with Gasteiger partial charge in [-0.25, -0.2) is 4.39 Å². The lowest BCUT2D eigenvalue weighted by Gasteiger charge is -2.14. The minimum Gasteiger partial charge on any atom is -0.339 e. The summed E-state index contributed by atoms with van der Waals surface area (Å²) in [6.45, 7) is 0.756. The summed E-state index contributed by atoms with van der Waals surface area (Å²) in [5.74, 6) is -0.0463. The number of nitrogens with zero attached hydrogens (tertiary/aromatic N) is 2. The van der Waals surface area contributed by atoms with E-state index in [0.717, 1.165) is 10.2 Å². The standard InChI is InChI=1S/C11H12BrFN2O/c12-8-1-2-10(14-6-8)5-11(16)15-4-3-9(13)7-15/h1-2,6,9H,3-5,7H2/t9-/m0/s1. The van der Waals surface area contributed by atoms with Gasteiger partial charge in [0.1, 0.15) is 6.17 Å². The zero-order valence-corrected chi connectivity index (χ0v) is 10.3. The summed E-state index contributed by atoms with van der Waals surface area (Å²) >= 11 is 3.28. The number of hydrogen-bond acceptors (Lipinski definition) is 2. The monoisotopic (exact) mass is 286 g/mol. The predicted molar refractivity (Wildman–Crippen MR) is 61.7 cm³/mol. The molecular weight excluding hydrogens is 275 g/mol. The first kappa shape index (κ1) is 11.5. The Kier molecular flexibility index (Phi) is 3.53. The number of carbonyl (C=O) groups excluding carboxylic acids is 1. The van der Waals surface area contributed by atoms with E-state index in [-0.39, 0.29) is 18.9 Å². The maximum atomic E-state index is 12.9. The molecule has 1 aliphatic heterocycles. The first-order chi connectivity index (χ1) is 7.65. The highest BCUT2D eigenvalue weighted by atomic mass is 79.9. The number of hydrogen-bond donors (Lipinski definition) is 0. The number of pyridine rings is 1. The van der Waals surface area contributed by atoms with Crippen molar-refractivity contribution in [2.24, 2.45) is 0 Å². The van der Waals surface area contributed by atoms with Crippen LogP contribution in [0, 0.1) is 0 Å². The highest BCUT2D eigenvalue weighted by molar-refractivity contribution is 9.10. The molecule has 0 bridgehead atoms. The molecule has 1 atom stereocenters. The van der Waals surface area contributed by atoms with Gasteiger partial charge >= 0.3 is 0 Å². The fraction of sp³-hybridized carbons (Fsp3) is 0.455. The Hall–Kier alpha value is -0.970. The van der Waals surface area contributed by atoms with Crippen LogP contribution in [0.2, 0.25) is 0 Å². The second-order valence-electron chi connectivity index (χ2n) is 3.87. The molecule has 0 aliphatic carbocycles. The Morgan fingerprint density at radius 2 is 2.44 bits per heavy atom. The van der Waals surface area contributed by atoms with Crippen LogP contribution >= 0.6 is 15.9 Å². The molecule has 2 heterocycles. The zero-order chi connectivity index (χ0) is 11.5. The molecule has 3 nitrogen and oxygen atoms in total. The van der Waals surface area contributed by atoms with Crippen molar-refractivity contribution in [3.8, 4) is 0 Å². The highest BCUT2D eigenvalue weighted by Gasteiger charge is 2.25. The molecule has 86 valence electrons. The molecule has 2 rings (SSSR count). The molecule has 0 saturated carbocycles. The van der Waals surface area contributed by atoms with Crippen molar-refractivity contribution in [3.63, 3.8) is 0 Å². The van der Waals surface area contributed by atoms with Crippen molar-refractivity contribution in [2.75, 3.05) is 13.1 Å². The lowest BCUT2D eigenvalue weighted by atomic mass is 10.2. The van der Waals surface area contributed by atoms with E-state index in [1.165, 1.54) is 0 Å². The molecule has 0 unspecified atom stereocenters. The summed E-state index contributed by atoms with van der Waals surface area (Å²) in [5, 5.41) is 0. The minimum absolute atomic E-state index is 0.0463. The second-order valence-corrected chi connectivity index (χ2v) is 4.79. The van der Waals surface area contributed by atoms with E-state index in [4.69, 9.17) is 0 Å². The van der Waals surface area contributed by atoms with Crippen molar-refractivity contribution in [2.45, 2.75) is 19.0 Å². The van der Waals surface area contributed by atoms with Gasteiger partial charge in [-0.15, -0.1) is 0 Å². The van der Waals surface area contributed by atoms with Crippen LogP contribution in [0.1, 0.15) is 12.1 Å². The smallest absolute Gasteiger partial charge is 0.228 e. The largest absolute Gasteiger partial charge is 0.339 e. The lowest BCUT2D eigenvalue weighted by Crippen LogP contribution is -2.30. The molecule has 0 N–H and O–H groups in total. The fourth-order valence-corrected chi connectivity index (χ4v) is 1.96. The molecule has 1 aromatic rings.